The van der Waals surface area contributed by atoms with E-state index in [4.69, 9.17) is 39.4 Å². The second-order valence-corrected chi connectivity index (χ2v) is 3.49. The van der Waals surface area contributed by atoms with Crippen LogP contribution in [0.4, 0.5) is 0 Å². The Kier molecular flexibility index (Phi) is 4.52. The molecule has 0 unspecified atom stereocenters. The molecule has 1 aromatic carbocycles. The minimum atomic E-state index is 0.0378. The molecule has 0 fully saturated rings. The number of nitrogens with zero attached hydrogens (tertiary/aromatic N) is 1. The third-order valence-electron chi connectivity index (χ3n) is 1.56. The molecule has 0 aliphatic carbocycles. The second-order valence-electron chi connectivity index (χ2n) is 2.71. The van der Waals surface area contributed by atoms with E-state index in [1.807, 2.05) is 0 Å². The van der Waals surface area contributed by atoms with Crippen LogP contribution in [0.5, 0.6) is 5.75 Å². The third kappa shape index (κ3) is 3.85. The van der Waals surface area contributed by atoms with Crippen LogP contribution >= 0.6 is 23.2 Å². The highest BCUT2D eigenvalue weighted by atomic mass is 35.5. The molecule has 0 bridgehead atoms. The van der Waals surface area contributed by atoms with Crippen LogP contribution in [0.3, 0.4) is 0 Å². The maximum Gasteiger partial charge on any atom is 0.186 e. The highest BCUT2D eigenvalue weighted by Gasteiger charge is 2.04. The first-order chi connectivity index (χ1) is 7.11. The van der Waals surface area contributed by atoms with Crippen LogP contribution < -0.4 is 16.2 Å². The maximum absolute atomic E-state index is 5.89. The molecule has 0 atom stereocenters. The third-order valence-corrected chi connectivity index (χ3v) is 2.36. The summed E-state index contributed by atoms with van der Waals surface area (Å²) in [5.41, 5.74) is 10.3. The van der Waals surface area contributed by atoms with Crippen LogP contribution in [0.2, 0.25) is 10.0 Å². The highest BCUT2D eigenvalue weighted by molar-refractivity contribution is 6.42. The van der Waals surface area contributed by atoms with Crippen molar-refractivity contribution in [1.29, 1.82) is 0 Å². The largest absolute Gasteiger partial charge is 0.490 e. The summed E-state index contributed by atoms with van der Waals surface area (Å²) in [4.78, 5) is 3.76. The minimum absolute atomic E-state index is 0.0378. The molecule has 1 rings (SSSR count). The van der Waals surface area contributed by atoms with E-state index in [9.17, 15) is 0 Å². The van der Waals surface area contributed by atoms with Gasteiger partial charge in [-0.1, -0.05) is 29.3 Å². The average molecular weight is 248 g/mol. The Morgan fingerprint density at radius 3 is 2.73 bits per heavy atom. The summed E-state index contributed by atoms with van der Waals surface area (Å²) in [6, 6.07) is 5.17. The minimum Gasteiger partial charge on any atom is -0.490 e. The highest BCUT2D eigenvalue weighted by Crippen LogP contribution is 2.31. The van der Waals surface area contributed by atoms with Crippen LogP contribution in [0.25, 0.3) is 0 Å². The lowest BCUT2D eigenvalue weighted by Crippen LogP contribution is -2.23. The Bertz CT molecular complexity index is 364. The first-order valence-electron chi connectivity index (χ1n) is 4.23. The van der Waals surface area contributed by atoms with Gasteiger partial charge in [0.1, 0.15) is 17.4 Å². The Balaban J connectivity index is 2.51. The molecule has 0 heterocycles. The molecule has 6 heteroatoms. The van der Waals surface area contributed by atoms with Gasteiger partial charge >= 0.3 is 0 Å². The first-order valence-corrected chi connectivity index (χ1v) is 4.99. The van der Waals surface area contributed by atoms with E-state index < -0.39 is 0 Å². The first kappa shape index (κ1) is 11.9. The topological polar surface area (TPSA) is 73.6 Å². The number of halogens is 2. The fraction of sp³-hybridized carbons (Fsp3) is 0.222. The number of hydrogen-bond donors (Lipinski definition) is 2. The van der Waals surface area contributed by atoms with Crippen molar-refractivity contribution in [3.8, 4) is 5.75 Å². The lowest BCUT2D eigenvalue weighted by molar-refractivity contribution is 0.329. The predicted octanol–water partition coefficient (Wildman–Crippen LogP) is 1.65. The standard InChI is InChI=1S/C9H11Cl2N3O/c10-6-2-1-3-7(8(6)11)15-5-4-14-9(12)13/h1-3H,4-5H2,(H4,12,13,14). The van der Waals surface area contributed by atoms with Crippen LogP contribution in [-0.2, 0) is 0 Å². The number of guanidine groups is 1. The molecule has 0 radical (unpaired) electrons. The molecule has 0 saturated heterocycles. The molecule has 1 aromatic rings. The number of rotatable bonds is 4. The van der Waals surface area contributed by atoms with Crippen molar-refractivity contribution in [3.63, 3.8) is 0 Å². The number of ether oxygens (including phenoxy) is 1. The molecule has 0 amide bonds. The molecule has 82 valence electrons. The predicted molar refractivity (Wildman–Crippen MR) is 62.6 cm³/mol. The Morgan fingerprint density at radius 2 is 2.07 bits per heavy atom. The fourth-order valence-corrected chi connectivity index (χ4v) is 1.27. The fourth-order valence-electron chi connectivity index (χ4n) is 0.926. The molecule has 0 saturated carbocycles. The SMILES string of the molecule is NC(N)=NCCOc1cccc(Cl)c1Cl. The lowest BCUT2D eigenvalue weighted by Gasteiger charge is -2.07. The zero-order valence-corrected chi connectivity index (χ0v) is 9.42. The number of aliphatic imine (C=N–C) groups is 1. The lowest BCUT2D eigenvalue weighted by atomic mass is 10.3. The Hall–Kier alpha value is -1.13. The summed E-state index contributed by atoms with van der Waals surface area (Å²) in [6.07, 6.45) is 0. The van der Waals surface area contributed by atoms with Gasteiger partial charge < -0.3 is 16.2 Å². The molecule has 0 aliphatic heterocycles. The van der Waals surface area contributed by atoms with E-state index in [0.717, 1.165) is 0 Å². The Morgan fingerprint density at radius 1 is 1.33 bits per heavy atom. The number of nitrogens with two attached hydrogens (primary N) is 2. The molecule has 0 aliphatic rings. The summed E-state index contributed by atoms with van der Waals surface area (Å²) in [5.74, 6) is 0.561. The van der Waals surface area contributed by atoms with Crippen molar-refractivity contribution in [3.05, 3.63) is 28.2 Å². The zero-order chi connectivity index (χ0) is 11.3. The Labute approximate surface area is 97.8 Å². The van der Waals surface area contributed by atoms with Crippen LogP contribution in [0, 0.1) is 0 Å². The van der Waals surface area contributed by atoms with Gasteiger partial charge in [-0.25, -0.2) is 0 Å². The molecular formula is C9H11Cl2N3O. The van der Waals surface area contributed by atoms with Crippen LogP contribution in [0.1, 0.15) is 0 Å². The summed E-state index contributed by atoms with van der Waals surface area (Å²) in [7, 11) is 0. The van der Waals surface area contributed by atoms with Gasteiger partial charge in [0.25, 0.3) is 0 Å². The van der Waals surface area contributed by atoms with E-state index in [2.05, 4.69) is 4.99 Å². The van der Waals surface area contributed by atoms with Gasteiger partial charge in [0.15, 0.2) is 5.96 Å². The molecule has 4 nitrogen and oxygen atoms in total. The van der Waals surface area contributed by atoms with E-state index in [1.165, 1.54) is 0 Å². The van der Waals surface area contributed by atoms with Crippen molar-refractivity contribution in [2.45, 2.75) is 0 Å². The average Bonchev–Trinajstić information content (AvgIpc) is 2.18. The summed E-state index contributed by atoms with van der Waals surface area (Å²) in [6.45, 7) is 0.725. The van der Waals surface area contributed by atoms with Crippen molar-refractivity contribution in [2.24, 2.45) is 16.5 Å². The normalized spacial score (nSPS) is 9.73. The van der Waals surface area contributed by atoms with Crippen molar-refractivity contribution in [2.75, 3.05) is 13.2 Å². The molecule has 4 N–H and O–H groups in total. The molecular weight excluding hydrogens is 237 g/mol. The quantitative estimate of drug-likeness (QED) is 0.483. The summed E-state index contributed by atoms with van der Waals surface area (Å²) in [5, 5.41) is 0.847. The monoisotopic (exact) mass is 247 g/mol. The van der Waals surface area contributed by atoms with E-state index in [-0.39, 0.29) is 5.96 Å². The van der Waals surface area contributed by atoms with E-state index >= 15 is 0 Å². The van der Waals surface area contributed by atoms with Gasteiger partial charge in [-0.05, 0) is 12.1 Å². The van der Waals surface area contributed by atoms with Gasteiger partial charge in [0.05, 0.1) is 11.6 Å². The van der Waals surface area contributed by atoms with Crippen molar-refractivity contribution < 1.29 is 4.74 Å². The molecule has 0 spiro atoms. The van der Waals surface area contributed by atoms with Gasteiger partial charge in [-0.15, -0.1) is 0 Å². The van der Waals surface area contributed by atoms with Gasteiger partial charge in [0, 0.05) is 0 Å². The van der Waals surface area contributed by atoms with Crippen LogP contribution in [-0.4, -0.2) is 19.1 Å². The maximum atomic E-state index is 5.89. The smallest absolute Gasteiger partial charge is 0.186 e. The van der Waals surface area contributed by atoms with Gasteiger partial charge in [0.2, 0.25) is 0 Å². The summed E-state index contributed by atoms with van der Waals surface area (Å²) < 4.78 is 5.33. The second kappa shape index (κ2) is 5.68. The van der Waals surface area contributed by atoms with E-state index in [0.29, 0.717) is 28.9 Å². The number of benzene rings is 1. The molecule has 0 aromatic heterocycles. The van der Waals surface area contributed by atoms with Gasteiger partial charge in [-0.3, -0.25) is 4.99 Å². The zero-order valence-electron chi connectivity index (χ0n) is 7.91. The number of hydrogen-bond acceptors (Lipinski definition) is 2. The van der Waals surface area contributed by atoms with Crippen LogP contribution in [0.15, 0.2) is 23.2 Å². The molecule has 15 heavy (non-hydrogen) atoms. The van der Waals surface area contributed by atoms with Crippen molar-refractivity contribution in [1.82, 2.24) is 0 Å². The summed E-state index contributed by atoms with van der Waals surface area (Å²) >= 11 is 11.7. The van der Waals surface area contributed by atoms with E-state index in [1.54, 1.807) is 18.2 Å². The van der Waals surface area contributed by atoms with Crippen molar-refractivity contribution >= 4 is 29.2 Å². The van der Waals surface area contributed by atoms with Gasteiger partial charge in [-0.2, -0.15) is 0 Å².